The molecule has 1 aliphatic carbocycles. The van der Waals surface area contributed by atoms with Crippen LogP contribution in [0, 0.1) is 5.92 Å². The van der Waals surface area contributed by atoms with Crippen LogP contribution >= 0.6 is 11.6 Å². The second kappa shape index (κ2) is 5.02. The molecular weight excluding hydrogens is 262 g/mol. The zero-order valence-corrected chi connectivity index (χ0v) is 11.5. The monoisotopic (exact) mass is 279 g/mol. The Labute approximate surface area is 116 Å². The maximum Gasteiger partial charge on any atom is 0.323 e. The van der Waals surface area contributed by atoms with Crippen molar-refractivity contribution in [2.45, 2.75) is 38.1 Å². The maximum absolute atomic E-state index is 11.3. The normalized spacial score (nSPS) is 18.8. The molecule has 1 unspecified atom stereocenters. The quantitative estimate of drug-likeness (QED) is 0.790. The topological polar surface area (TPSA) is 74.7 Å². The average molecular weight is 280 g/mol. The highest BCUT2D eigenvalue weighted by Crippen LogP contribution is 2.36. The summed E-state index contributed by atoms with van der Waals surface area (Å²) in [7, 11) is 0. The summed E-state index contributed by atoms with van der Waals surface area (Å²) in [5, 5.41) is 0.640. The third-order valence-corrected chi connectivity index (χ3v) is 4.48. The van der Waals surface area contributed by atoms with Crippen LogP contribution in [0.1, 0.15) is 43.7 Å². The first-order valence-electron chi connectivity index (χ1n) is 6.82. The lowest BCUT2D eigenvalue weighted by atomic mass is 9.81. The summed E-state index contributed by atoms with van der Waals surface area (Å²) in [6.07, 6.45) is 6.14. The Morgan fingerprint density at radius 3 is 2.47 bits per heavy atom. The molecule has 1 heterocycles. The Kier molecular flexibility index (Phi) is 3.37. The molecule has 1 aliphatic rings. The number of aromatic amines is 2. The van der Waals surface area contributed by atoms with Crippen LogP contribution < -0.4 is 11.4 Å². The summed E-state index contributed by atoms with van der Waals surface area (Å²) in [5.74, 6) is 0.495. The van der Waals surface area contributed by atoms with Crippen molar-refractivity contribution in [2.24, 2.45) is 11.7 Å². The molecule has 1 aromatic carbocycles. The van der Waals surface area contributed by atoms with E-state index < -0.39 is 0 Å². The van der Waals surface area contributed by atoms with E-state index in [4.69, 9.17) is 17.3 Å². The molecule has 0 spiro atoms. The van der Waals surface area contributed by atoms with E-state index in [-0.39, 0.29) is 11.7 Å². The molecule has 1 aromatic heterocycles. The van der Waals surface area contributed by atoms with E-state index >= 15 is 0 Å². The van der Waals surface area contributed by atoms with Gasteiger partial charge in [-0.3, -0.25) is 0 Å². The highest BCUT2D eigenvalue weighted by atomic mass is 35.5. The Bertz CT molecular complexity index is 640. The van der Waals surface area contributed by atoms with E-state index in [1.54, 1.807) is 6.07 Å². The van der Waals surface area contributed by atoms with Gasteiger partial charge in [0.2, 0.25) is 0 Å². The number of hydrogen-bond donors (Lipinski definition) is 3. The Morgan fingerprint density at radius 1 is 1.16 bits per heavy atom. The third kappa shape index (κ3) is 2.42. The number of H-pyrrole nitrogens is 2. The van der Waals surface area contributed by atoms with Gasteiger partial charge in [0.05, 0.1) is 11.0 Å². The summed E-state index contributed by atoms with van der Waals surface area (Å²) >= 11 is 6.31. The summed E-state index contributed by atoms with van der Waals surface area (Å²) in [5.41, 5.74) is 8.61. The molecule has 0 saturated heterocycles. The van der Waals surface area contributed by atoms with Gasteiger partial charge < -0.3 is 15.7 Å². The smallest absolute Gasteiger partial charge is 0.323 e. The largest absolute Gasteiger partial charge is 0.324 e. The van der Waals surface area contributed by atoms with Crippen LogP contribution in [-0.4, -0.2) is 9.97 Å². The second-order valence-corrected chi connectivity index (χ2v) is 5.83. The predicted molar refractivity (Wildman–Crippen MR) is 77.4 cm³/mol. The Morgan fingerprint density at radius 2 is 1.79 bits per heavy atom. The number of hydrogen-bond acceptors (Lipinski definition) is 2. The molecule has 3 rings (SSSR count). The van der Waals surface area contributed by atoms with Crippen molar-refractivity contribution in [3.8, 4) is 0 Å². The minimum atomic E-state index is -0.213. The van der Waals surface area contributed by atoms with E-state index in [1.165, 1.54) is 32.1 Å². The molecule has 4 nitrogen and oxygen atoms in total. The van der Waals surface area contributed by atoms with Crippen molar-refractivity contribution >= 4 is 22.6 Å². The molecule has 1 saturated carbocycles. The third-order valence-electron chi connectivity index (χ3n) is 4.15. The summed E-state index contributed by atoms with van der Waals surface area (Å²) in [6, 6.07) is 3.65. The maximum atomic E-state index is 11.3. The SMILES string of the molecule is NC(c1cc2[nH]c(=O)[nH]c2cc1Cl)C1CCCCC1. The van der Waals surface area contributed by atoms with E-state index in [9.17, 15) is 4.79 Å². The van der Waals surface area contributed by atoms with E-state index in [0.717, 1.165) is 16.6 Å². The molecule has 0 bridgehead atoms. The van der Waals surface area contributed by atoms with Crippen LogP contribution in [0.15, 0.2) is 16.9 Å². The van der Waals surface area contributed by atoms with Crippen LogP contribution in [-0.2, 0) is 0 Å². The fraction of sp³-hybridized carbons (Fsp3) is 0.500. The van der Waals surface area contributed by atoms with Gasteiger partial charge in [-0.2, -0.15) is 0 Å². The fourth-order valence-electron chi connectivity index (χ4n) is 3.08. The van der Waals surface area contributed by atoms with Gasteiger partial charge in [-0.25, -0.2) is 4.79 Å². The van der Waals surface area contributed by atoms with Crippen molar-refractivity contribution in [3.05, 3.63) is 33.2 Å². The molecule has 0 amide bonds. The zero-order valence-electron chi connectivity index (χ0n) is 10.7. The highest BCUT2D eigenvalue weighted by Gasteiger charge is 2.24. The lowest BCUT2D eigenvalue weighted by Crippen LogP contribution is -2.23. The molecule has 2 aromatic rings. The number of nitrogens with one attached hydrogen (secondary N) is 2. The average Bonchev–Trinajstić information content (AvgIpc) is 2.77. The van der Waals surface area contributed by atoms with Crippen molar-refractivity contribution in [2.75, 3.05) is 0 Å². The van der Waals surface area contributed by atoms with Crippen LogP contribution in [0.3, 0.4) is 0 Å². The van der Waals surface area contributed by atoms with Crippen molar-refractivity contribution in [3.63, 3.8) is 0 Å². The van der Waals surface area contributed by atoms with Crippen LogP contribution in [0.4, 0.5) is 0 Å². The summed E-state index contributed by atoms with van der Waals surface area (Å²) < 4.78 is 0. The lowest BCUT2D eigenvalue weighted by molar-refractivity contribution is 0.308. The first-order valence-corrected chi connectivity index (χ1v) is 7.20. The summed E-state index contributed by atoms with van der Waals surface area (Å²) in [4.78, 5) is 16.8. The fourth-order valence-corrected chi connectivity index (χ4v) is 3.37. The Balaban J connectivity index is 1.98. The number of nitrogens with two attached hydrogens (primary N) is 1. The molecule has 1 atom stereocenters. The minimum Gasteiger partial charge on any atom is -0.324 e. The van der Waals surface area contributed by atoms with Crippen LogP contribution in [0.5, 0.6) is 0 Å². The molecule has 1 fully saturated rings. The van der Waals surface area contributed by atoms with E-state index in [0.29, 0.717) is 10.9 Å². The van der Waals surface area contributed by atoms with Crippen LogP contribution in [0.25, 0.3) is 11.0 Å². The van der Waals surface area contributed by atoms with Gasteiger partial charge in [-0.05, 0) is 36.5 Å². The molecule has 0 radical (unpaired) electrons. The molecule has 5 heteroatoms. The van der Waals surface area contributed by atoms with Gasteiger partial charge in [-0.1, -0.05) is 30.9 Å². The molecule has 4 N–H and O–H groups in total. The number of halogens is 1. The highest BCUT2D eigenvalue weighted by molar-refractivity contribution is 6.32. The molecular formula is C14H18ClN3O. The van der Waals surface area contributed by atoms with Gasteiger partial charge in [0.1, 0.15) is 0 Å². The van der Waals surface area contributed by atoms with Crippen molar-refractivity contribution < 1.29 is 0 Å². The number of rotatable bonds is 2. The van der Waals surface area contributed by atoms with E-state index in [1.807, 2.05) is 6.07 Å². The van der Waals surface area contributed by atoms with Gasteiger partial charge in [-0.15, -0.1) is 0 Å². The van der Waals surface area contributed by atoms with Crippen LogP contribution in [0.2, 0.25) is 5.02 Å². The molecule has 19 heavy (non-hydrogen) atoms. The zero-order chi connectivity index (χ0) is 13.4. The predicted octanol–water partition coefficient (Wildman–Crippen LogP) is 3.09. The van der Waals surface area contributed by atoms with Gasteiger partial charge in [0.15, 0.2) is 0 Å². The second-order valence-electron chi connectivity index (χ2n) is 5.42. The number of imidazole rings is 1. The number of benzene rings is 1. The van der Waals surface area contributed by atoms with Crippen molar-refractivity contribution in [1.82, 2.24) is 9.97 Å². The van der Waals surface area contributed by atoms with Gasteiger partial charge in [0, 0.05) is 11.1 Å². The van der Waals surface area contributed by atoms with Crippen molar-refractivity contribution in [1.29, 1.82) is 0 Å². The standard InChI is InChI=1S/C14H18ClN3O/c15-10-7-12-11(17-14(19)18-12)6-9(10)13(16)8-4-2-1-3-5-8/h6-8,13H,1-5,16H2,(H2,17,18,19). The van der Waals surface area contributed by atoms with Gasteiger partial charge in [0.25, 0.3) is 0 Å². The first kappa shape index (κ1) is 12.8. The van der Waals surface area contributed by atoms with Gasteiger partial charge >= 0.3 is 5.69 Å². The number of fused-ring (bicyclic) bond motifs is 1. The molecule has 102 valence electrons. The molecule has 0 aliphatic heterocycles. The Hall–Kier alpha value is -1.26. The minimum absolute atomic E-state index is 0.0457. The first-order chi connectivity index (χ1) is 9.15. The van der Waals surface area contributed by atoms with E-state index in [2.05, 4.69) is 9.97 Å². The number of aromatic nitrogens is 2. The summed E-state index contributed by atoms with van der Waals surface area (Å²) in [6.45, 7) is 0. The lowest BCUT2D eigenvalue weighted by Gasteiger charge is -2.28.